The van der Waals surface area contributed by atoms with Crippen LogP contribution in [0.4, 0.5) is 0 Å². The average Bonchev–Trinajstić information content (AvgIpc) is 2.97. The van der Waals surface area contributed by atoms with Crippen LogP contribution in [-0.2, 0) is 20.8 Å². The van der Waals surface area contributed by atoms with E-state index >= 15 is 0 Å². The minimum Gasteiger partial charge on any atom is -0.466 e. The molecule has 25 heavy (non-hydrogen) atoms. The second-order valence-corrected chi connectivity index (χ2v) is 6.03. The summed E-state index contributed by atoms with van der Waals surface area (Å²) in [6.45, 7) is 4.32. The molecule has 0 saturated carbocycles. The topological polar surface area (TPSA) is 51.1 Å². The van der Waals surface area contributed by atoms with Gasteiger partial charge in [-0.25, -0.2) is 0 Å². The van der Waals surface area contributed by atoms with Crippen molar-refractivity contribution in [1.29, 1.82) is 0 Å². The quantitative estimate of drug-likeness (QED) is 0.520. The zero-order chi connectivity index (χ0) is 18.2. The SMILES string of the molecule is CCCCCCC(=C1C(=O)N=C(OC)N1OC)c1ccccc1CC. The third-order valence-corrected chi connectivity index (χ3v) is 4.43. The highest BCUT2D eigenvalue weighted by atomic mass is 16.7. The van der Waals surface area contributed by atoms with E-state index in [0.717, 1.165) is 36.8 Å². The van der Waals surface area contributed by atoms with Crippen LogP contribution in [0.5, 0.6) is 0 Å². The predicted octanol–water partition coefficient (Wildman–Crippen LogP) is 4.34. The lowest BCUT2D eigenvalue weighted by molar-refractivity contribution is -0.118. The van der Waals surface area contributed by atoms with E-state index in [9.17, 15) is 4.79 Å². The Kier molecular flexibility index (Phi) is 7.19. The molecule has 5 nitrogen and oxygen atoms in total. The number of hydroxylamine groups is 2. The van der Waals surface area contributed by atoms with E-state index in [1.807, 2.05) is 12.1 Å². The Morgan fingerprint density at radius 3 is 2.52 bits per heavy atom. The molecular formula is C20H28N2O3. The normalized spacial score (nSPS) is 16.2. The van der Waals surface area contributed by atoms with Crippen molar-refractivity contribution in [2.45, 2.75) is 52.4 Å². The van der Waals surface area contributed by atoms with E-state index in [0.29, 0.717) is 5.70 Å². The number of unbranched alkanes of at least 4 members (excludes halogenated alkanes) is 3. The zero-order valence-corrected chi connectivity index (χ0v) is 15.7. The minimum absolute atomic E-state index is 0.183. The lowest BCUT2D eigenvalue weighted by atomic mass is 9.92. The van der Waals surface area contributed by atoms with Crippen molar-refractivity contribution < 1.29 is 14.4 Å². The minimum atomic E-state index is -0.310. The second kappa shape index (κ2) is 9.37. The Balaban J connectivity index is 2.48. The third-order valence-electron chi connectivity index (χ3n) is 4.43. The first-order valence-electron chi connectivity index (χ1n) is 9.00. The number of amidine groups is 1. The highest BCUT2D eigenvalue weighted by Gasteiger charge is 2.34. The van der Waals surface area contributed by atoms with Crippen molar-refractivity contribution >= 4 is 17.5 Å². The van der Waals surface area contributed by atoms with E-state index in [2.05, 4.69) is 31.0 Å². The van der Waals surface area contributed by atoms with E-state index in [1.54, 1.807) is 0 Å². The van der Waals surface area contributed by atoms with Crippen molar-refractivity contribution in [3.8, 4) is 0 Å². The Labute approximate surface area is 150 Å². The molecule has 1 aromatic carbocycles. The summed E-state index contributed by atoms with van der Waals surface area (Å²) in [5.41, 5.74) is 3.77. The van der Waals surface area contributed by atoms with Gasteiger partial charge in [-0.15, -0.1) is 0 Å². The molecule has 0 aromatic heterocycles. The number of methoxy groups -OCH3 is 1. The first-order valence-corrected chi connectivity index (χ1v) is 9.00. The molecule has 0 atom stereocenters. The van der Waals surface area contributed by atoms with Gasteiger partial charge in [0.1, 0.15) is 5.70 Å². The largest absolute Gasteiger partial charge is 0.466 e. The van der Waals surface area contributed by atoms with Crippen molar-refractivity contribution in [1.82, 2.24) is 5.06 Å². The lowest BCUT2D eigenvalue weighted by Gasteiger charge is -2.21. The van der Waals surface area contributed by atoms with Gasteiger partial charge in [0.15, 0.2) is 0 Å². The van der Waals surface area contributed by atoms with Gasteiger partial charge >= 0.3 is 11.9 Å². The van der Waals surface area contributed by atoms with Crippen molar-refractivity contribution in [2.75, 3.05) is 14.2 Å². The van der Waals surface area contributed by atoms with E-state index in [4.69, 9.17) is 9.57 Å². The van der Waals surface area contributed by atoms with Gasteiger partial charge in [0.25, 0.3) is 0 Å². The molecule has 1 aliphatic rings. The molecule has 0 N–H and O–H groups in total. The molecule has 2 rings (SSSR count). The number of benzene rings is 1. The molecule has 1 aromatic rings. The maximum absolute atomic E-state index is 12.6. The van der Waals surface area contributed by atoms with E-state index < -0.39 is 0 Å². The summed E-state index contributed by atoms with van der Waals surface area (Å²) in [6, 6.07) is 8.41. The number of amides is 1. The molecule has 0 fully saturated rings. The van der Waals surface area contributed by atoms with Gasteiger partial charge in [0.05, 0.1) is 14.2 Å². The number of carbonyl (C=O) groups is 1. The summed E-state index contributed by atoms with van der Waals surface area (Å²) in [6.07, 6.45) is 6.25. The van der Waals surface area contributed by atoms with Crippen LogP contribution >= 0.6 is 0 Å². The summed E-state index contributed by atoms with van der Waals surface area (Å²) in [4.78, 5) is 22.0. The highest BCUT2D eigenvalue weighted by molar-refractivity contribution is 6.12. The third kappa shape index (κ3) is 4.28. The second-order valence-electron chi connectivity index (χ2n) is 6.03. The summed E-state index contributed by atoms with van der Waals surface area (Å²) >= 11 is 0. The molecule has 136 valence electrons. The fraction of sp³-hybridized carbons (Fsp3) is 0.500. The molecule has 0 aliphatic carbocycles. The highest BCUT2D eigenvalue weighted by Crippen LogP contribution is 2.33. The van der Waals surface area contributed by atoms with Gasteiger partial charge in [0.2, 0.25) is 0 Å². The van der Waals surface area contributed by atoms with Crippen LogP contribution in [0.3, 0.4) is 0 Å². The fourth-order valence-electron chi connectivity index (χ4n) is 3.15. The lowest BCUT2D eigenvalue weighted by Crippen LogP contribution is -2.28. The summed E-state index contributed by atoms with van der Waals surface area (Å²) in [7, 11) is 3.01. The van der Waals surface area contributed by atoms with Gasteiger partial charge in [-0.2, -0.15) is 10.1 Å². The Morgan fingerprint density at radius 1 is 1.12 bits per heavy atom. The molecule has 0 unspecified atom stereocenters. The van der Waals surface area contributed by atoms with Crippen LogP contribution in [0.25, 0.3) is 5.57 Å². The predicted molar refractivity (Wildman–Crippen MR) is 99.8 cm³/mol. The van der Waals surface area contributed by atoms with Gasteiger partial charge in [-0.05, 0) is 36.0 Å². The molecule has 1 heterocycles. The van der Waals surface area contributed by atoms with Gasteiger partial charge < -0.3 is 4.74 Å². The van der Waals surface area contributed by atoms with Crippen LogP contribution in [0.1, 0.15) is 57.1 Å². The Morgan fingerprint density at radius 2 is 1.88 bits per heavy atom. The number of aliphatic imine (C=N–C) groups is 1. The Hall–Kier alpha value is -2.14. The maximum atomic E-state index is 12.6. The van der Waals surface area contributed by atoms with Crippen LogP contribution < -0.4 is 0 Å². The molecular weight excluding hydrogens is 316 g/mol. The number of allylic oxidation sites excluding steroid dienone is 1. The smallest absolute Gasteiger partial charge is 0.325 e. The molecule has 0 saturated heterocycles. The number of ether oxygens (including phenoxy) is 1. The van der Waals surface area contributed by atoms with Gasteiger partial charge in [-0.1, -0.05) is 57.4 Å². The number of hydrogen-bond acceptors (Lipinski definition) is 4. The molecule has 0 spiro atoms. The fourth-order valence-corrected chi connectivity index (χ4v) is 3.15. The summed E-state index contributed by atoms with van der Waals surface area (Å²) in [5, 5.41) is 1.41. The number of carbonyl (C=O) groups excluding carboxylic acids is 1. The van der Waals surface area contributed by atoms with Crippen molar-refractivity contribution in [3.63, 3.8) is 0 Å². The molecule has 5 heteroatoms. The standard InChI is InChI=1S/C20H28N2O3/c1-5-7-8-9-14-17(16-13-11-10-12-15(16)6-2)18-19(23)21-20(24-3)22(18)25-4/h10-13H,5-9,14H2,1-4H3. The number of hydrogen-bond donors (Lipinski definition) is 0. The number of aryl methyl sites for hydroxylation is 1. The van der Waals surface area contributed by atoms with Crippen LogP contribution in [0.2, 0.25) is 0 Å². The molecule has 1 aliphatic heterocycles. The first kappa shape index (κ1) is 19.2. The molecule has 0 bridgehead atoms. The zero-order valence-electron chi connectivity index (χ0n) is 15.7. The Bertz CT molecular complexity index is 665. The molecule has 0 radical (unpaired) electrons. The van der Waals surface area contributed by atoms with Crippen LogP contribution in [0, 0.1) is 0 Å². The average molecular weight is 344 g/mol. The number of rotatable bonds is 8. The maximum Gasteiger partial charge on any atom is 0.325 e. The van der Waals surface area contributed by atoms with Gasteiger partial charge in [0, 0.05) is 0 Å². The molecule has 1 amide bonds. The van der Waals surface area contributed by atoms with Crippen molar-refractivity contribution in [2.24, 2.45) is 4.99 Å². The van der Waals surface area contributed by atoms with Crippen LogP contribution in [0.15, 0.2) is 35.0 Å². The van der Waals surface area contributed by atoms with E-state index in [-0.39, 0.29) is 11.9 Å². The number of nitrogens with zero attached hydrogens (tertiary/aromatic N) is 2. The van der Waals surface area contributed by atoms with Crippen LogP contribution in [-0.4, -0.2) is 31.2 Å². The van der Waals surface area contributed by atoms with Crippen molar-refractivity contribution in [3.05, 3.63) is 41.1 Å². The van der Waals surface area contributed by atoms with Gasteiger partial charge in [-0.3, -0.25) is 9.63 Å². The first-order chi connectivity index (χ1) is 12.2. The van der Waals surface area contributed by atoms with E-state index in [1.165, 1.54) is 37.7 Å². The summed E-state index contributed by atoms with van der Waals surface area (Å²) < 4.78 is 5.20. The monoisotopic (exact) mass is 344 g/mol. The summed E-state index contributed by atoms with van der Waals surface area (Å²) in [5.74, 6) is -0.310.